The standard InChI is InChI=1S/C6H11NO2.C2H6/c1-7-6(8)5-2-3-9-4-5;1-2/h5H,2-4H2,1H3,(H,7,8);1-2H3. The second-order valence-electron chi connectivity index (χ2n) is 2.17. The molecule has 3 heteroatoms. The van der Waals surface area contributed by atoms with Gasteiger partial charge in [-0.1, -0.05) is 13.8 Å². The van der Waals surface area contributed by atoms with Gasteiger partial charge in [-0.25, -0.2) is 0 Å². The summed E-state index contributed by atoms with van der Waals surface area (Å²) < 4.78 is 5.02. The van der Waals surface area contributed by atoms with Crippen LogP contribution in [0.15, 0.2) is 0 Å². The lowest BCUT2D eigenvalue weighted by atomic mass is 10.1. The highest BCUT2D eigenvalue weighted by molar-refractivity contribution is 5.78. The first kappa shape index (κ1) is 10.4. The molecule has 11 heavy (non-hydrogen) atoms. The average molecular weight is 159 g/mol. The van der Waals surface area contributed by atoms with Gasteiger partial charge in [0.05, 0.1) is 12.5 Å². The van der Waals surface area contributed by atoms with Crippen molar-refractivity contribution < 1.29 is 9.53 Å². The highest BCUT2D eigenvalue weighted by Gasteiger charge is 2.21. The molecule has 1 aliphatic rings. The summed E-state index contributed by atoms with van der Waals surface area (Å²) in [7, 11) is 1.65. The Morgan fingerprint density at radius 3 is 2.55 bits per heavy atom. The van der Waals surface area contributed by atoms with Gasteiger partial charge in [0.2, 0.25) is 5.91 Å². The van der Waals surface area contributed by atoms with E-state index in [-0.39, 0.29) is 11.8 Å². The lowest BCUT2D eigenvalue weighted by Crippen LogP contribution is -2.27. The molecule has 0 spiro atoms. The van der Waals surface area contributed by atoms with Gasteiger partial charge < -0.3 is 10.1 Å². The molecule has 1 unspecified atom stereocenters. The van der Waals surface area contributed by atoms with E-state index in [0.717, 1.165) is 13.0 Å². The number of amides is 1. The van der Waals surface area contributed by atoms with Crippen molar-refractivity contribution in [1.82, 2.24) is 5.32 Å². The summed E-state index contributed by atoms with van der Waals surface area (Å²) in [6.45, 7) is 5.33. The van der Waals surface area contributed by atoms with Gasteiger partial charge in [0.25, 0.3) is 0 Å². The van der Waals surface area contributed by atoms with Crippen LogP contribution >= 0.6 is 0 Å². The summed E-state index contributed by atoms with van der Waals surface area (Å²) in [5.74, 6) is 0.211. The van der Waals surface area contributed by atoms with Crippen LogP contribution in [0.25, 0.3) is 0 Å². The van der Waals surface area contributed by atoms with E-state index in [1.54, 1.807) is 7.05 Å². The summed E-state index contributed by atoms with van der Waals surface area (Å²) in [6, 6.07) is 0. The summed E-state index contributed by atoms with van der Waals surface area (Å²) in [6.07, 6.45) is 0.875. The van der Waals surface area contributed by atoms with Gasteiger partial charge in [-0.2, -0.15) is 0 Å². The molecule has 1 atom stereocenters. The minimum atomic E-state index is 0.104. The van der Waals surface area contributed by atoms with E-state index in [1.165, 1.54) is 0 Å². The Morgan fingerprint density at radius 1 is 1.55 bits per heavy atom. The molecule has 0 aromatic carbocycles. The highest BCUT2D eigenvalue weighted by Crippen LogP contribution is 2.11. The van der Waals surface area contributed by atoms with Gasteiger partial charge in [0, 0.05) is 13.7 Å². The van der Waals surface area contributed by atoms with Crippen LogP contribution in [0.4, 0.5) is 0 Å². The average Bonchev–Trinajstić information content (AvgIpc) is 2.59. The molecule has 1 amide bonds. The molecule has 1 N–H and O–H groups in total. The molecule has 1 aliphatic heterocycles. The van der Waals surface area contributed by atoms with Gasteiger partial charge in [0.15, 0.2) is 0 Å². The molecule has 1 saturated heterocycles. The van der Waals surface area contributed by atoms with Crippen molar-refractivity contribution in [2.45, 2.75) is 20.3 Å². The van der Waals surface area contributed by atoms with Gasteiger partial charge in [-0.05, 0) is 6.42 Å². The van der Waals surface area contributed by atoms with Crippen molar-refractivity contribution in [3.63, 3.8) is 0 Å². The fourth-order valence-corrected chi connectivity index (χ4v) is 0.945. The molecular weight excluding hydrogens is 142 g/mol. The molecule has 0 radical (unpaired) electrons. The van der Waals surface area contributed by atoms with Crippen LogP contribution in [0.2, 0.25) is 0 Å². The van der Waals surface area contributed by atoms with Gasteiger partial charge in [-0.3, -0.25) is 4.79 Å². The first-order chi connectivity index (χ1) is 5.34. The molecule has 0 bridgehead atoms. The van der Waals surface area contributed by atoms with Crippen LogP contribution in [0.3, 0.4) is 0 Å². The van der Waals surface area contributed by atoms with Crippen LogP contribution in [0.1, 0.15) is 20.3 Å². The summed E-state index contributed by atoms with van der Waals surface area (Å²) in [5, 5.41) is 2.59. The van der Waals surface area contributed by atoms with Crippen molar-refractivity contribution in [3.05, 3.63) is 0 Å². The SMILES string of the molecule is CC.CNC(=O)C1CCOC1. The predicted molar refractivity (Wildman–Crippen MR) is 44.3 cm³/mol. The Kier molecular flexibility index (Phi) is 5.84. The molecule has 1 rings (SSSR count). The number of hydrogen-bond acceptors (Lipinski definition) is 2. The number of nitrogens with one attached hydrogen (secondary N) is 1. The molecule has 1 fully saturated rings. The Balaban J connectivity index is 0.000000461. The largest absolute Gasteiger partial charge is 0.381 e. The minimum Gasteiger partial charge on any atom is -0.381 e. The van der Waals surface area contributed by atoms with Crippen LogP contribution in [0.5, 0.6) is 0 Å². The molecule has 0 aromatic heterocycles. The molecule has 66 valence electrons. The maximum Gasteiger partial charge on any atom is 0.225 e. The summed E-state index contributed by atoms with van der Waals surface area (Å²) >= 11 is 0. The van der Waals surface area contributed by atoms with E-state index in [1.807, 2.05) is 13.8 Å². The first-order valence-electron chi connectivity index (χ1n) is 4.14. The van der Waals surface area contributed by atoms with Gasteiger partial charge in [-0.15, -0.1) is 0 Å². The van der Waals surface area contributed by atoms with E-state index in [9.17, 15) is 4.79 Å². The fourth-order valence-electron chi connectivity index (χ4n) is 0.945. The lowest BCUT2D eigenvalue weighted by molar-refractivity contribution is -0.124. The monoisotopic (exact) mass is 159 g/mol. The van der Waals surface area contributed by atoms with Crippen molar-refractivity contribution in [2.24, 2.45) is 5.92 Å². The second kappa shape index (κ2) is 6.16. The molecular formula is C8H17NO2. The number of carbonyl (C=O) groups is 1. The third kappa shape index (κ3) is 3.37. The molecule has 0 saturated carbocycles. The van der Waals surface area contributed by atoms with Crippen LogP contribution in [-0.4, -0.2) is 26.2 Å². The lowest BCUT2D eigenvalue weighted by Gasteiger charge is -2.02. The van der Waals surface area contributed by atoms with E-state index in [2.05, 4.69) is 5.32 Å². The Bertz CT molecular complexity index is 109. The quantitative estimate of drug-likeness (QED) is 0.614. The van der Waals surface area contributed by atoms with E-state index >= 15 is 0 Å². The van der Waals surface area contributed by atoms with Crippen LogP contribution in [-0.2, 0) is 9.53 Å². The number of ether oxygens (including phenoxy) is 1. The second-order valence-corrected chi connectivity index (χ2v) is 2.17. The molecule has 3 nitrogen and oxygen atoms in total. The number of hydrogen-bond donors (Lipinski definition) is 1. The van der Waals surface area contributed by atoms with Gasteiger partial charge >= 0.3 is 0 Å². The van der Waals surface area contributed by atoms with Crippen LogP contribution < -0.4 is 5.32 Å². The Labute approximate surface area is 68.1 Å². The Morgan fingerprint density at radius 2 is 2.18 bits per heavy atom. The zero-order chi connectivity index (χ0) is 8.69. The molecule has 0 aromatic rings. The minimum absolute atomic E-state index is 0.104. The number of carbonyl (C=O) groups excluding carboxylic acids is 1. The third-order valence-corrected chi connectivity index (χ3v) is 1.55. The summed E-state index contributed by atoms with van der Waals surface area (Å²) in [5.41, 5.74) is 0. The fraction of sp³-hybridized carbons (Fsp3) is 0.875. The normalized spacial score (nSPS) is 21.9. The summed E-state index contributed by atoms with van der Waals surface area (Å²) in [4.78, 5) is 10.8. The van der Waals surface area contributed by atoms with E-state index < -0.39 is 0 Å². The predicted octanol–water partition coefficient (Wildman–Crippen LogP) is 0.795. The Hall–Kier alpha value is -0.570. The smallest absolute Gasteiger partial charge is 0.225 e. The third-order valence-electron chi connectivity index (χ3n) is 1.55. The van der Waals surface area contributed by atoms with E-state index in [4.69, 9.17) is 4.74 Å². The van der Waals surface area contributed by atoms with Crippen molar-refractivity contribution in [3.8, 4) is 0 Å². The van der Waals surface area contributed by atoms with Crippen molar-refractivity contribution in [1.29, 1.82) is 0 Å². The molecule has 0 aliphatic carbocycles. The molecule has 1 heterocycles. The first-order valence-corrected chi connectivity index (χ1v) is 4.14. The van der Waals surface area contributed by atoms with Crippen molar-refractivity contribution >= 4 is 5.91 Å². The van der Waals surface area contributed by atoms with Gasteiger partial charge in [0.1, 0.15) is 0 Å². The topological polar surface area (TPSA) is 38.3 Å². The number of rotatable bonds is 1. The van der Waals surface area contributed by atoms with Crippen LogP contribution in [0, 0.1) is 5.92 Å². The maximum atomic E-state index is 10.8. The van der Waals surface area contributed by atoms with E-state index in [0.29, 0.717) is 6.61 Å². The highest BCUT2D eigenvalue weighted by atomic mass is 16.5. The maximum absolute atomic E-state index is 10.8. The van der Waals surface area contributed by atoms with Crippen molar-refractivity contribution in [2.75, 3.05) is 20.3 Å². The zero-order valence-electron chi connectivity index (χ0n) is 7.52. The zero-order valence-corrected chi connectivity index (χ0v) is 7.52.